The monoisotopic (exact) mass is 406 g/mol. The lowest BCUT2D eigenvalue weighted by atomic mass is 10.0. The zero-order chi connectivity index (χ0) is 19.2. The average Bonchev–Trinajstić information content (AvgIpc) is 2.67. The molecular weight excluding hydrogens is 384 g/mol. The Labute approximate surface area is 168 Å². The molecule has 1 aliphatic rings. The van der Waals surface area contributed by atoms with Crippen molar-refractivity contribution in [3.8, 4) is 5.75 Å². The van der Waals surface area contributed by atoms with E-state index in [2.05, 4.69) is 27.1 Å². The van der Waals surface area contributed by atoms with Crippen LogP contribution in [0.1, 0.15) is 26.2 Å². The first-order chi connectivity index (χ1) is 13.1. The zero-order valence-corrected chi connectivity index (χ0v) is 17.0. The van der Waals surface area contributed by atoms with Gasteiger partial charge in [-0.05, 0) is 44.4 Å². The van der Waals surface area contributed by atoms with Crippen LogP contribution in [0.25, 0.3) is 0 Å². The summed E-state index contributed by atoms with van der Waals surface area (Å²) in [6, 6.07) is 7.60. The van der Waals surface area contributed by atoms with Gasteiger partial charge in [0.2, 0.25) is 5.91 Å². The van der Waals surface area contributed by atoms with E-state index in [1.807, 2.05) is 6.07 Å². The number of carbonyl (C=O) groups excluding carboxylic acids is 1. The molecule has 1 aromatic carbocycles. The number of ether oxygens (including phenoxy) is 1. The third kappa shape index (κ3) is 5.26. The Bertz CT molecular complexity index is 805. The van der Waals surface area contributed by atoms with Crippen LogP contribution in [-0.2, 0) is 4.79 Å². The number of benzene rings is 1. The number of methoxy groups -OCH3 is 1. The molecule has 1 saturated heterocycles. The molecule has 0 spiro atoms. The number of nitrogens with zero attached hydrogens (tertiary/aromatic N) is 3. The first-order valence-electron chi connectivity index (χ1n) is 8.91. The second-order valence-corrected chi connectivity index (χ2v) is 7.84. The topological polar surface area (TPSA) is 67.3 Å². The number of piperidine rings is 1. The van der Waals surface area contributed by atoms with Crippen LogP contribution < -0.4 is 15.0 Å². The second kappa shape index (κ2) is 9.28. The molecule has 8 heteroatoms. The van der Waals surface area contributed by atoms with Crippen LogP contribution in [0.5, 0.6) is 5.75 Å². The van der Waals surface area contributed by atoms with Gasteiger partial charge in [-0.2, -0.15) is 0 Å². The Kier molecular flexibility index (Phi) is 6.79. The van der Waals surface area contributed by atoms with Crippen LogP contribution in [0.15, 0.2) is 35.6 Å². The first kappa shape index (κ1) is 19.8. The molecule has 144 valence electrons. The Morgan fingerprint density at radius 3 is 2.96 bits per heavy atom. The number of amides is 1. The van der Waals surface area contributed by atoms with Crippen LogP contribution >= 0.6 is 23.4 Å². The van der Waals surface area contributed by atoms with E-state index < -0.39 is 0 Å². The summed E-state index contributed by atoms with van der Waals surface area (Å²) in [5, 5.41) is 4.09. The summed E-state index contributed by atoms with van der Waals surface area (Å²) in [6.45, 7) is 3.24. The number of thioether (sulfide) groups is 1. The van der Waals surface area contributed by atoms with Crippen molar-refractivity contribution in [3.63, 3.8) is 0 Å². The zero-order valence-electron chi connectivity index (χ0n) is 15.4. The van der Waals surface area contributed by atoms with Crippen molar-refractivity contribution in [2.24, 2.45) is 0 Å². The van der Waals surface area contributed by atoms with E-state index >= 15 is 0 Å². The maximum Gasteiger partial charge on any atom is 0.234 e. The molecule has 2 heterocycles. The second-order valence-electron chi connectivity index (χ2n) is 6.44. The van der Waals surface area contributed by atoms with Crippen molar-refractivity contribution in [1.29, 1.82) is 0 Å². The lowest BCUT2D eigenvalue weighted by Gasteiger charge is -2.34. The average molecular weight is 407 g/mol. The quantitative estimate of drug-likeness (QED) is 0.571. The molecule has 6 nitrogen and oxygen atoms in total. The van der Waals surface area contributed by atoms with Gasteiger partial charge in [0.05, 0.1) is 17.9 Å². The minimum absolute atomic E-state index is 0.118. The van der Waals surface area contributed by atoms with Gasteiger partial charge in [-0.15, -0.1) is 0 Å². The highest BCUT2D eigenvalue weighted by atomic mass is 35.5. The molecule has 0 unspecified atom stereocenters. The molecule has 0 bridgehead atoms. The summed E-state index contributed by atoms with van der Waals surface area (Å²) in [5.41, 5.74) is 0.636. The van der Waals surface area contributed by atoms with Crippen molar-refractivity contribution >= 4 is 40.8 Å². The van der Waals surface area contributed by atoms with Crippen LogP contribution in [0.3, 0.4) is 0 Å². The SMILES string of the molecule is COc1ccc(NC(=O)CSc2cc(N3CCCC[C@H]3C)ncn2)cc1Cl. The van der Waals surface area contributed by atoms with E-state index in [9.17, 15) is 4.79 Å². The fourth-order valence-corrected chi connectivity index (χ4v) is 4.00. The molecule has 1 amide bonds. The number of anilines is 2. The molecule has 1 aromatic heterocycles. The highest BCUT2D eigenvalue weighted by Crippen LogP contribution is 2.28. The van der Waals surface area contributed by atoms with Gasteiger partial charge >= 0.3 is 0 Å². The summed E-state index contributed by atoms with van der Waals surface area (Å²) >= 11 is 7.48. The molecule has 2 aromatic rings. The maximum absolute atomic E-state index is 12.2. The summed E-state index contributed by atoms with van der Waals surface area (Å²) in [5.74, 6) is 1.65. The van der Waals surface area contributed by atoms with Crippen LogP contribution in [0, 0.1) is 0 Å². The van der Waals surface area contributed by atoms with Gasteiger partial charge < -0.3 is 15.0 Å². The van der Waals surface area contributed by atoms with Gasteiger partial charge in [0.1, 0.15) is 22.9 Å². The van der Waals surface area contributed by atoms with Crippen LogP contribution in [-0.4, -0.2) is 41.3 Å². The molecular formula is C19H23ClN4O2S. The maximum atomic E-state index is 12.2. The van der Waals surface area contributed by atoms with E-state index in [0.717, 1.165) is 17.4 Å². The minimum atomic E-state index is -0.118. The van der Waals surface area contributed by atoms with Crippen molar-refractivity contribution in [2.75, 3.05) is 29.6 Å². The number of hydrogen-bond donors (Lipinski definition) is 1. The Morgan fingerprint density at radius 1 is 1.37 bits per heavy atom. The fourth-order valence-electron chi connectivity index (χ4n) is 3.09. The predicted octanol–water partition coefficient (Wildman–Crippen LogP) is 4.25. The molecule has 0 saturated carbocycles. The van der Waals surface area contributed by atoms with Gasteiger partial charge in [-0.3, -0.25) is 4.79 Å². The largest absolute Gasteiger partial charge is 0.495 e. The molecule has 1 fully saturated rings. The van der Waals surface area contributed by atoms with Crippen molar-refractivity contribution in [1.82, 2.24) is 9.97 Å². The fraction of sp³-hybridized carbons (Fsp3) is 0.421. The summed E-state index contributed by atoms with van der Waals surface area (Å²) in [7, 11) is 1.55. The number of aromatic nitrogens is 2. The smallest absolute Gasteiger partial charge is 0.234 e. The van der Waals surface area contributed by atoms with Gasteiger partial charge in [0.25, 0.3) is 0 Å². The normalized spacial score (nSPS) is 16.9. The number of carbonyl (C=O) groups is 1. The van der Waals surface area contributed by atoms with Crippen molar-refractivity contribution < 1.29 is 9.53 Å². The van der Waals surface area contributed by atoms with E-state index in [0.29, 0.717) is 22.5 Å². The summed E-state index contributed by atoms with van der Waals surface area (Å²) in [6.07, 6.45) is 5.20. The highest BCUT2D eigenvalue weighted by molar-refractivity contribution is 7.99. The van der Waals surface area contributed by atoms with Gasteiger partial charge in [-0.1, -0.05) is 23.4 Å². The lowest BCUT2D eigenvalue weighted by molar-refractivity contribution is -0.113. The third-order valence-electron chi connectivity index (χ3n) is 4.51. The first-order valence-corrected chi connectivity index (χ1v) is 10.3. The number of hydrogen-bond acceptors (Lipinski definition) is 6. The third-order valence-corrected chi connectivity index (χ3v) is 5.73. The van der Waals surface area contributed by atoms with Crippen molar-refractivity contribution in [2.45, 2.75) is 37.3 Å². The minimum Gasteiger partial charge on any atom is -0.495 e. The van der Waals surface area contributed by atoms with E-state index in [4.69, 9.17) is 16.3 Å². The van der Waals surface area contributed by atoms with Crippen LogP contribution in [0.4, 0.5) is 11.5 Å². The Hall–Kier alpha value is -1.99. The number of rotatable bonds is 6. The van der Waals surface area contributed by atoms with Crippen LogP contribution in [0.2, 0.25) is 5.02 Å². The standard InChI is InChI=1S/C19H23ClN4O2S/c1-13-5-3-4-8-24(13)17-10-19(22-12-21-17)27-11-18(25)23-14-6-7-16(26-2)15(20)9-14/h6-7,9-10,12-13H,3-5,8,11H2,1-2H3,(H,23,25)/t13-/m1/s1. The summed E-state index contributed by atoms with van der Waals surface area (Å²) < 4.78 is 5.11. The molecule has 1 N–H and O–H groups in total. The Balaban J connectivity index is 1.57. The molecule has 0 aliphatic carbocycles. The summed E-state index contributed by atoms with van der Waals surface area (Å²) in [4.78, 5) is 23.2. The van der Waals surface area contributed by atoms with E-state index in [1.165, 1.54) is 31.0 Å². The van der Waals surface area contributed by atoms with Gasteiger partial charge in [-0.25, -0.2) is 9.97 Å². The van der Waals surface area contributed by atoms with E-state index in [1.54, 1.807) is 31.6 Å². The lowest BCUT2D eigenvalue weighted by Crippen LogP contribution is -2.38. The van der Waals surface area contributed by atoms with Gasteiger partial charge in [0, 0.05) is 24.3 Å². The molecule has 0 radical (unpaired) electrons. The molecule has 1 atom stereocenters. The molecule has 1 aliphatic heterocycles. The number of nitrogens with one attached hydrogen (secondary N) is 1. The number of halogens is 1. The highest BCUT2D eigenvalue weighted by Gasteiger charge is 2.20. The molecule has 27 heavy (non-hydrogen) atoms. The van der Waals surface area contributed by atoms with Crippen molar-refractivity contribution in [3.05, 3.63) is 35.6 Å². The van der Waals surface area contributed by atoms with Gasteiger partial charge in [0.15, 0.2) is 0 Å². The predicted molar refractivity (Wildman–Crippen MR) is 110 cm³/mol. The molecule has 3 rings (SSSR count). The Morgan fingerprint density at radius 2 is 2.22 bits per heavy atom. The van der Waals surface area contributed by atoms with E-state index in [-0.39, 0.29) is 11.7 Å².